The number of alkyl halides is 3. The maximum atomic E-state index is 13.8. The van der Waals surface area contributed by atoms with Gasteiger partial charge in [-0.2, -0.15) is 13.2 Å². The summed E-state index contributed by atoms with van der Waals surface area (Å²) in [5.41, 5.74) is 0.913. The van der Waals surface area contributed by atoms with Gasteiger partial charge in [-0.25, -0.2) is 9.97 Å². The largest absolute Gasteiger partial charge is 0.451 e. The van der Waals surface area contributed by atoms with Crippen molar-refractivity contribution < 1.29 is 22.8 Å². The van der Waals surface area contributed by atoms with Crippen molar-refractivity contribution in [3.05, 3.63) is 45.7 Å². The van der Waals surface area contributed by atoms with E-state index in [4.69, 9.17) is 23.2 Å². The number of carbonyl (C=O) groups is 2. The van der Waals surface area contributed by atoms with E-state index in [0.29, 0.717) is 74.2 Å². The lowest BCUT2D eigenvalue weighted by atomic mass is 9.91. The van der Waals surface area contributed by atoms with Gasteiger partial charge in [-0.15, -0.1) is 0 Å². The SMILES string of the molecule is CCC(=O)CCCC1CCN(c2cc(N3CCC[C@H]3C(=O)NCCc3ccc(Cl)c(Cl)c3)nc(C(F)(F)F)n2)CC1. The average Bonchev–Trinajstić information content (AvgIpc) is 3.45. The molecule has 0 saturated carbocycles. The number of hydrogen-bond donors (Lipinski definition) is 1. The Balaban J connectivity index is 1.41. The maximum Gasteiger partial charge on any atom is 0.451 e. The van der Waals surface area contributed by atoms with E-state index in [2.05, 4.69) is 15.3 Å². The minimum Gasteiger partial charge on any atom is -0.356 e. The molecule has 0 bridgehead atoms. The van der Waals surface area contributed by atoms with E-state index >= 15 is 0 Å². The highest BCUT2D eigenvalue weighted by atomic mass is 35.5. The number of anilines is 2. The topological polar surface area (TPSA) is 78.4 Å². The van der Waals surface area contributed by atoms with Gasteiger partial charge in [0.15, 0.2) is 0 Å². The highest BCUT2D eigenvalue weighted by molar-refractivity contribution is 6.42. The van der Waals surface area contributed by atoms with Gasteiger partial charge in [0.05, 0.1) is 10.0 Å². The van der Waals surface area contributed by atoms with E-state index in [0.717, 1.165) is 31.2 Å². The molecule has 0 spiro atoms. The van der Waals surface area contributed by atoms with Crippen LogP contribution in [0.5, 0.6) is 0 Å². The molecule has 0 aliphatic carbocycles. The van der Waals surface area contributed by atoms with Gasteiger partial charge in [-0.05, 0) is 68.6 Å². The molecular weight excluding hydrogens is 578 g/mol. The Morgan fingerprint density at radius 3 is 2.44 bits per heavy atom. The van der Waals surface area contributed by atoms with Gasteiger partial charge >= 0.3 is 6.18 Å². The van der Waals surface area contributed by atoms with E-state index in [1.165, 1.54) is 0 Å². The fourth-order valence-corrected chi connectivity index (χ4v) is 5.85. The van der Waals surface area contributed by atoms with Crippen LogP contribution in [0.1, 0.15) is 69.7 Å². The molecule has 1 N–H and O–H groups in total. The van der Waals surface area contributed by atoms with Crippen LogP contribution in [-0.4, -0.2) is 53.9 Å². The summed E-state index contributed by atoms with van der Waals surface area (Å²) < 4.78 is 41.5. The smallest absolute Gasteiger partial charge is 0.356 e. The first-order valence-electron chi connectivity index (χ1n) is 14.3. The molecule has 2 saturated heterocycles. The van der Waals surface area contributed by atoms with Crippen LogP contribution in [-0.2, 0) is 22.2 Å². The number of amides is 1. The van der Waals surface area contributed by atoms with E-state index < -0.39 is 18.0 Å². The van der Waals surface area contributed by atoms with Crippen molar-refractivity contribution in [1.29, 1.82) is 0 Å². The lowest BCUT2D eigenvalue weighted by Gasteiger charge is -2.34. The Hall–Kier alpha value is -2.59. The zero-order valence-corrected chi connectivity index (χ0v) is 24.7. The molecule has 2 aliphatic heterocycles. The summed E-state index contributed by atoms with van der Waals surface area (Å²) in [6, 6.07) is 6.23. The van der Waals surface area contributed by atoms with E-state index in [9.17, 15) is 22.8 Å². The number of carbonyl (C=O) groups excluding carboxylic acids is 2. The molecular formula is C29H36Cl2F3N5O2. The number of aromatic nitrogens is 2. The summed E-state index contributed by atoms with van der Waals surface area (Å²) >= 11 is 12.0. The number of Topliss-reactive ketones (excluding diaryl/α,β-unsaturated/α-hetero) is 1. The molecule has 7 nitrogen and oxygen atoms in total. The number of piperidine rings is 1. The van der Waals surface area contributed by atoms with Crippen LogP contribution in [0, 0.1) is 5.92 Å². The second-order valence-electron chi connectivity index (χ2n) is 10.8. The lowest BCUT2D eigenvalue weighted by molar-refractivity contribution is -0.144. The summed E-state index contributed by atoms with van der Waals surface area (Å²) in [7, 11) is 0. The molecule has 1 aromatic carbocycles. The van der Waals surface area contributed by atoms with Crippen molar-refractivity contribution in [1.82, 2.24) is 15.3 Å². The zero-order valence-electron chi connectivity index (χ0n) is 23.2. The number of hydrogen-bond acceptors (Lipinski definition) is 6. The van der Waals surface area contributed by atoms with E-state index in [1.54, 1.807) is 23.1 Å². The first kappa shape index (κ1) is 31.3. The van der Waals surface area contributed by atoms with E-state index in [1.807, 2.05) is 17.9 Å². The van der Waals surface area contributed by atoms with Gasteiger partial charge in [-0.3, -0.25) is 9.59 Å². The molecule has 1 amide bonds. The number of benzene rings is 1. The molecule has 12 heteroatoms. The van der Waals surface area contributed by atoms with Crippen molar-refractivity contribution in [2.45, 2.75) is 76.9 Å². The second-order valence-corrected chi connectivity index (χ2v) is 11.6. The van der Waals surface area contributed by atoms with Crippen molar-refractivity contribution >= 4 is 46.5 Å². The molecule has 3 heterocycles. The third kappa shape index (κ3) is 8.47. The molecule has 2 fully saturated rings. The van der Waals surface area contributed by atoms with Crippen molar-refractivity contribution in [3.8, 4) is 0 Å². The Labute approximate surface area is 248 Å². The summed E-state index contributed by atoms with van der Waals surface area (Å²) in [6.07, 6.45) is 1.58. The van der Waals surface area contributed by atoms with Crippen LogP contribution >= 0.6 is 23.2 Å². The minimum absolute atomic E-state index is 0.115. The molecule has 1 aromatic heterocycles. The number of halogens is 5. The van der Waals surface area contributed by atoms with Crippen LogP contribution in [0.25, 0.3) is 0 Å². The third-order valence-electron chi connectivity index (χ3n) is 7.90. The van der Waals surface area contributed by atoms with Crippen molar-refractivity contribution in [2.75, 3.05) is 36.0 Å². The van der Waals surface area contributed by atoms with Gasteiger partial charge in [0.2, 0.25) is 11.7 Å². The molecule has 0 radical (unpaired) electrons. The third-order valence-corrected chi connectivity index (χ3v) is 8.64. The molecule has 41 heavy (non-hydrogen) atoms. The van der Waals surface area contributed by atoms with Crippen LogP contribution in [0.3, 0.4) is 0 Å². The zero-order chi connectivity index (χ0) is 29.6. The predicted molar refractivity (Wildman–Crippen MR) is 155 cm³/mol. The lowest BCUT2D eigenvalue weighted by Crippen LogP contribution is -2.44. The van der Waals surface area contributed by atoms with Crippen LogP contribution in [0.15, 0.2) is 24.3 Å². The Morgan fingerprint density at radius 1 is 1.02 bits per heavy atom. The van der Waals surface area contributed by atoms with E-state index in [-0.39, 0.29) is 23.3 Å². The monoisotopic (exact) mass is 613 g/mol. The van der Waals surface area contributed by atoms with Crippen LogP contribution in [0.4, 0.5) is 24.8 Å². The number of rotatable bonds is 11. The van der Waals surface area contributed by atoms with Gasteiger partial charge in [0.25, 0.3) is 0 Å². The maximum absolute atomic E-state index is 13.8. The molecule has 2 aromatic rings. The summed E-state index contributed by atoms with van der Waals surface area (Å²) in [6.45, 7) is 3.81. The van der Waals surface area contributed by atoms with Crippen LogP contribution in [0.2, 0.25) is 10.0 Å². The standard InChI is InChI=1S/C29H36Cl2F3N5O2/c1-2-21(40)6-3-5-19-11-15-38(16-12-19)25-18-26(37-28(36-25)29(32,33)34)39-14-4-7-24(39)27(41)35-13-10-20-8-9-22(30)23(31)17-20/h8-9,17-19,24H,2-7,10-16H2,1H3,(H,35,41)/t24-/m0/s1. The average molecular weight is 615 g/mol. The van der Waals surface area contributed by atoms with Gasteiger partial charge < -0.3 is 15.1 Å². The molecule has 224 valence electrons. The van der Waals surface area contributed by atoms with Crippen molar-refractivity contribution in [2.24, 2.45) is 5.92 Å². The molecule has 0 unspecified atom stereocenters. The molecule has 2 aliphatic rings. The number of ketones is 1. The first-order chi connectivity index (χ1) is 19.5. The second kappa shape index (κ2) is 14.1. The summed E-state index contributed by atoms with van der Waals surface area (Å²) in [5.74, 6) is -0.405. The first-order valence-corrected chi connectivity index (χ1v) is 15.0. The number of nitrogens with zero attached hydrogens (tertiary/aromatic N) is 4. The molecule has 1 atom stereocenters. The predicted octanol–water partition coefficient (Wildman–Crippen LogP) is 6.50. The quantitative estimate of drug-likeness (QED) is 0.312. The Bertz CT molecular complexity index is 1220. The van der Waals surface area contributed by atoms with Gasteiger partial charge in [0, 0.05) is 45.1 Å². The summed E-state index contributed by atoms with van der Waals surface area (Å²) in [4.78, 5) is 36.0. The van der Waals surface area contributed by atoms with Gasteiger partial charge in [-0.1, -0.05) is 36.2 Å². The fraction of sp³-hybridized carbons (Fsp3) is 0.586. The summed E-state index contributed by atoms with van der Waals surface area (Å²) in [5, 5.41) is 3.80. The molecule has 4 rings (SSSR count). The van der Waals surface area contributed by atoms with Crippen LogP contribution < -0.4 is 15.1 Å². The fourth-order valence-electron chi connectivity index (χ4n) is 5.53. The van der Waals surface area contributed by atoms with Gasteiger partial charge in [0.1, 0.15) is 23.5 Å². The highest BCUT2D eigenvalue weighted by Crippen LogP contribution is 2.34. The Kier molecular flexibility index (Phi) is 10.7. The normalized spacial score (nSPS) is 18.1. The highest BCUT2D eigenvalue weighted by Gasteiger charge is 2.38. The Morgan fingerprint density at radius 2 is 1.76 bits per heavy atom. The number of nitrogens with one attached hydrogen (secondary N) is 1. The minimum atomic E-state index is -4.72. The van der Waals surface area contributed by atoms with Crippen molar-refractivity contribution in [3.63, 3.8) is 0 Å².